The van der Waals surface area contributed by atoms with E-state index in [0.717, 1.165) is 18.7 Å². The van der Waals surface area contributed by atoms with Crippen molar-refractivity contribution in [1.29, 1.82) is 0 Å². The second kappa shape index (κ2) is 4.25. The van der Waals surface area contributed by atoms with Crippen LogP contribution in [0.15, 0.2) is 29.4 Å². The Kier molecular flexibility index (Phi) is 2.80. The van der Waals surface area contributed by atoms with Gasteiger partial charge >= 0.3 is 6.61 Å². The molecule has 0 bridgehead atoms. The number of benzene rings is 1. The van der Waals surface area contributed by atoms with Crippen molar-refractivity contribution in [3.05, 3.63) is 24.3 Å². The van der Waals surface area contributed by atoms with E-state index in [0.29, 0.717) is 0 Å². The first-order chi connectivity index (χ1) is 7.25. The molecule has 0 aromatic heterocycles. The van der Waals surface area contributed by atoms with Crippen molar-refractivity contribution in [3.8, 4) is 5.75 Å². The van der Waals surface area contributed by atoms with E-state index in [1.165, 1.54) is 12.1 Å². The molecule has 1 heterocycles. The number of rotatable bonds is 3. The Labute approximate surface area is 86.0 Å². The van der Waals surface area contributed by atoms with Crippen molar-refractivity contribution in [3.63, 3.8) is 0 Å². The molecule has 0 aliphatic carbocycles. The van der Waals surface area contributed by atoms with Crippen LogP contribution in [0.4, 0.5) is 14.5 Å². The Morgan fingerprint density at radius 1 is 1.27 bits per heavy atom. The van der Waals surface area contributed by atoms with Crippen LogP contribution in [0, 0.1) is 0 Å². The zero-order valence-electron chi connectivity index (χ0n) is 7.94. The van der Waals surface area contributed by atoms with Gasteiger partial charge in [0.2, 0.25) is 0 Å². The number of hydrogen-bond donors (Lipinski definition) is 0. The summed E-state index contributed by atoms with van der Waals surface area (Å²) in [5.74, 6) is 0.164. The maximum atomic E-state index is 11.9. The van der Waals surface area contributed by atoms with Crippen molar-refractivity contribution >= 4 is 11.9 Å². The van der Waals surface area contributed by atoms with E-state index >= 15 is 0 Å². The van der Waals surface area contributed by atoms with Crippen LogP contribution in [0.1, 0.15) is 6.42 Å². The van der Waals surface area contributed by atoms with Gasteiger partial charge in [0, 0.05) is 19.2 Å². The predicted molar refractivity (Wildman–Crippen MR) is 53.5 cm³/mol. The average molecular weight is 212 g/mol. The summed E-state index contributed by atoms with van der Waals surface area (Å²) in [4.78, 5) is 0. The lowest BCUT2D eigenvalue weighted by Gasteiger charge is -2.13. The summed E-state index contributed by atoms with van der Waals surface area (Å²) in [6, 6.07) is 6.44. The van der Waals surface area contributed by atoms with E-state index in [1.807, 2.05) is 11.2 Å². The third-order valence-electron chi connectivity index (χ3n) is 2.05. The number of hydrazone groups is 1. The first-order valence-electron chi connectivity index (χ1n) is 4.60. The van der Waals surface area contributed by atoms with Gasteiger partial charge in [0.05, 0.1) is 5.69 Å². The topological polar surface area (TPSA) is 24.8 Å². The predicted octanol–water partition coefficient (Wildman–Crippen LogP) is 2.48. The molecule has 1 aliphatic rings. The van der Waals surface area contributed by atoms with Crippen molar-refractivity contribution in [2.24, 2.45) is 5.10 Å². The minimum Gasteiger partial charge on any atom is -0.435 e. The molecule has 0 atom stereocenters. The summed E-state index contributed by atoms with van der Waals surface area (Å²) in [5.41, 5.74) is 0.880. The lowest BCUT2D eigenvalue weighted by atomic mass is 10.3. The summed E-state index contributed by atoms with van der Waals surface area (Å²) in [6.45, 7) is -1.95. The maximum absolute atomic E-state index is 11.9. The van der Waals surface area contributed by atoms with Gasteiger partial charge in [-0.3, -0.25) is 5.01 Å². The number of hydrogen-bond acceptors (Lipinski definition) is 3. The SMILES string of the molecule is FC(F)Oc1ccc(N2CCC=N2)cc1. The second-order valence-electron chi connectivity index (χ2n) is 3.08. The van der Waals surface area contributed by atoms with Gasteiger partial charge in [0.25, 0.3) is 0 Å². The van der Waals surface area contributed by atoms with Crippen LogP contribution in [-0.4, -0.2) is 19.4 Å². The van der Waals surface area contributed by atoms with Gasteiger partial charge in [-0.15, -0.1) is 0 Å². The highest BCUT2D eigenvalue weighted by Gasteiger charge is 2.09. The molecule has 1 aliphatic heterocycles. The zero-order chi connectivity index (χ0) is 10.7. The zero-order valence-corrected chi connectivity index (χ0v) is 7.94. The molecule has 0 radical (unpaired) electrons. The molecule has 15 heavy (non-hydrogen) atoms. The van der Waals surface area contributed by atoms with Crippen LogP contribution in [0.25, 0.3) is 0 Å². The third-order valence-corrected chi connectivity index (χ3v) is 2.05. The largest absolute Gasteiger partial charge is 0.435 e. The van der Waals surface area contributed by atoms with Gasteiger partial charge in [0.1, 0.15) is 5.75 Å². The van der Waals surface area contributed by atoms with Crippen LogP contribution in [0.2, 0.25) is 0 Å². The van der Waals surface area contributed by atoms with Gasteiger partial charge in [-0.05, 0) is 24.3 Å². The average Bonchev–Trinajstić information content (AvgIpc) is 2.71. The van der Waals surface area contributed by atoms with E-state index in [9.17, 15) is 8.78 Å². The van der Waals surface area contributed by atoms with Crippen LogP contribution in [0.5, 0.6) is 5.75 Å². The molecule has 5 heteroatoms. The summed E-state index contributed by atoms with van der Waals surface area (Å²) in [7, 11) is 0. The van der Waals surface area contributed by atoms with Crippen molar-refractivity contribution < 1.29 is 13.5 Å². The van der Waals surface area contributed by atoms with Crippen molar-refractivity contribution in [2.75, 3.05) is 11.6 Å². The molecule has 0 fully saturated rings. The Morgan fingerprint density at radius 3 is 2.53 bits per heavy atom. The summed E-state index contributed by atoms with van der Waals surface area (Å²) >= 11 is 0. The van der Waals surface area contributed by atoms with E-state index in [1.54, 1.807) is 12.1 Å². The van der Waals surface area contributed by atoms with Gasteiger partial charge in [0.15, 0.2) is 0 Å². The van der Waals surface area contributed by atoms with Crippen LogP contribution < -0.4 is 9.75 Å². The lowest BCUT2D eigenvalue weighted by molar-refractivity contribution is -0.0498. The number of halogens is 2. The minimum atomic E-state index is -2.78. The fourth-order valence-corrected chi connectivity index (χ4v) is 1.39. The molecular weight excluding hydrogens is 202 g/mol. The van der Waals surface area contributed by atoms with E-state index in [-0.39, 0.29) is 5.75 Å². The van der Waals surface area contributed by atoms with Gasteiger partial charge < -0.3 is 4.74 Å². The van der Waals surface area contributed by atoms with Crippen LogP contribution >= 0.6 is 0 Å². The van der Waals surface area contributed by atoms with Crippen molar-refractivity contribution in [1.82, 2.24) is 0 Å². The molecule has 2 rings (SSSR count). The molecule has 0 unspecified atom stereocenters. The first-order valence-corrected chi connectivity index (χ1v) is 4.60. The minimum absolute atomic E-state index is 0.164. The maximum Gasteiger partial charge on any atom is 0.387 e. The molecule has 0 saturated heterocycles. The molecule has 3 nitrogen and oxygen atoms in total. The molecule has 0 spiro atoms. The quantitative estimate of drug-likeness (QED) is 0.768. The Bertz CT molecular complexity index is 351. The van der Waals surface area contributed by atoms with Gasteiger partial charge in [-0.2, -0.15) is 13.9 Å². The number of alkyl halides is 2. The van der Waals surface area contributed by atoms with Gasteiger partial charge in [-0.1, -0.05) is 0 Å². The standard InChI is InChI=1S/C10H10F2N2O/c11-10(12)15-9-4-2-8(3-5-9)14-7-1-6-13-14/h2-6,10H,1,7H2. The molecule has 80 valence electrons. The van der Waals surface area contributed by atoms with Crippen LogP contribution in [-0.2, 0) is 0 Å². The number of anilines is 1. The second-order valence-corrected chi connectivity index (χ2v) is 3.08. The summed E-state index contributed by atoms with van der Waals surface area (Å²) < 4.78 is 28.0. The highest BCUT2D eigenvalue weighted by atomic mass is 19.3. The molecular formula is C10H10F2N2O. The summed E-state index contributed by atoms with van der Waals surface area (Å²) in [6.07, 6.45) is 2.73. The molecule has 0 amide bonds. The molecule has 0 N–H and O–H groups in total. The summed E-state index contributed by atoms with van der Waals surface area (Å²) in [5, 5.41) is 5.93. The number of nitrogens with zero attached hydrogens (tertiary/aromatic N) is 2. The van der Waals surface area contributed by atoms with E-state index in [2.05, 4.69) is 9.84 Å². The first kappa shape index (κ1) is 9.89. The van der Waals surface area contributed by atoms with E-state index in [4.69, 9.17) is 0 Å². The fourth-order valence-electron chi connectivity index (χ4n) is 1.39. The molecule has 1 aromatic carbocycles. The van der Waals surface area contributed by atoms with Crippen LogP contribution in [0.3, 0.4) is 0 Å². The van der Waals surface area contributed by atoms with E-state index < -0.39 is 6.61 Å². The smallest absolute Gasteiger partial charge is 0.387 e. The normalized spacial score (nSPS) is 15.0. The third kappa shape index (κ3) is 2.43. The van der Waals surface area contributed by atoms with Gasteiger partial charge in [-0.25, -0.2) is 0 Å². The Morgan fingerprint density at radius 2 is 2.00 bits per heavy atom. The molecule has 1 aromatic rings. The molecule has 0 saturated carbocycles. The highest BCUT2D eigenvalue weighted by Crippen LogP contribution is 2.22. The van der Waals surface area contributed by atoms with Crippen molar-refractivity contribution in [2.45, 2.75) is 13.0 Å². The lowest BCUT2D eigenvalue weighted by Crippen LogP contribution is -2.11. The Balaban J connectivity index is 2.06. The fraction of sp³-hybridized carbons (Fsp3) is 0.300. The highest BCUT2D eigenvalue weighted by molar-refractivity contribution is 5.65. The number of ether oxygens (including phenoxy) is 1. The Hall–Kier alpha value is -1.65. The monoisotopic (exact) mass is 212 g/mol.